The van der Waals surface area contributed by atoms with E-state index in [9.17, 15) is 4.39 Å². The van der Waals surface area contributed by atoms with Gasteiger partial charge in [0.05, 0.1) is 11.2 Å². The van der Waals surface area contributed by atoms with Gasteiger partial charge in [0.1, 0.15) is 5.69 Å². The first kappa shape index (κ1) is 13.4. The average molecular weight is 283 g/mol. The van der Waals surface area contributed by atoms with E-state index in [1.54, 1.807) is 6.92 Å². The lowest BCUT2D eigenvalue weighted by molar-refractivity contribution is 0.606. The van der Waals surface area contributed by atoms with E-state index in [4.69, 9.17) is 5.84 Å². The van der Waals surface area contributed by atoms with Crippen molar-refractivity contribution in [1.82, 2.24) is 15.0 Å². The van der Waals surface area contributed by atoms with Crippen LogP contribution in [0.2, 0.25) is 0 Å². The van der Waals surface area contributed by atoms with E-state index in [-0.39, 0.29) is 11.5 Å². The van der Waals surface area contributed by atoms with Crippen molar-refractivity contribution in [2.45, 2.75) is 13.8 Å². The molecule has 3 N–H and O–H groups in total. The molecule has 106 valence electrons. The highest BCUT2D eigenvalue weighted by molar-refractivity contribution is 5.84. The average Bonchev–Trinajstić information content (AvgIpc) is 2.50. The third-order valence-corrected chi connectivity index (χ3v) is 3.31. The molecule has 0 amide bonds. The van der Waals surface area contributed by atoms with Gasteiger partial charge in [-0.2, -0.15) is 0 Å². The van der Waals surface area contributed by atoms with Gasteiger partial charge in [-0.3, -0.25) is 0 Å². The number of halogens is 1. The number of pyridine rings is 1. The summed E-state index contributed by atoms with van der Waals surface area (Å²) in [5, 5.41) is 1.07. The molecule has 0 spiro atoms. The van der Waals surface area contributed by atoms with Gasteiger partial charge in [-0.1, -0.05) is 18.2 Å². The van der Waals surface area contributed by atoms with E-state index in [1.807, 2.05) is 37.3 Å². The van der Waals surface area contributed by atoms with Gasteiger partial charge in [-0.25, -0.2) is 25.2 Å². The second-order valence-electron chi connectivity index (χ2n) is 4.78. The number of rotatable bonds is 2. The Balaban J connectivity index is 2.23. The van der Waals surface area contributed by atoms with Crippen LogP contribution in [0.15, 0.2) is 30.3 Å². The zero-order valence-electron chi connectivity index (χ0n) is 11.7. The normalized spacial score (nSPS) is 10.9. The fourth-order valence-electron chi connectivity index (χ4n) is 2.23. The van der Waals surface area contributed by atoms with Gasteiger partial charge in [0.25, 0.3) is 0 Å². The largest absolute Gasteiger partial charge is 0.306 e. The van der Waals surface area contributed by atoms with Crippen molar-refractivity contribution in [2.24, 2.45) is 5.84 Å². The first-order valence-electron chi connectivity index (χ1n) is 6.47. The molecule has 3 rings (SSSR count). The summed E-state index contributed by atoms with van der Waals surface area (Å²) in [6, 6.07) is 9.69. The van der Waals surface area contributed by atoms with Gasteiger partial charge >= 0.3 is 0 Å². The quantitative estimate of drug-likeness (QED) is 0.558. The van der Waals surface area contributed by atoms with Crippen molar-refractivity contribution in [2.75, 3.05) is 5.43 Å². The Morgan fingerprint density at radius 2 is 1.86 bits per heavy atom. The molecule has 0 aliphatic heterocycles. The summed E-state index contributed by atoms with van der Waals surface area (Å²) in [5.41, 5.74) is 4.96. The van der Waals surface area contributed by atoms with E-state index in [2.05, 4.69) is 20.4 Å². The Bertz CT molecular complexity index is 832. The van der Waals surface area contributed by atoms with Gasteiger partial charge in [0.15, 0.2) is 17.5 Å². The summed E-state index contributed by atoms with van der Waals surface area (Å²) in [4.78, 5) is 12.8. The molecule has 0 saturated carbocycles. The van der Waals surface area contributed by atoms with Crippen LogP contribution >= 0.6 is 0 Å². The fourth-order valence-corrected chi connectivity index (χ4v) is 2.23. The highest BCUT2D eigenvalue weighted by Gasteiger charge is 2.13. The molecule has 0 unspecified atom stereocenters. The Morgan fingerprint density at radius 1 is 1.10 bits per heavy atom. The molecule has 21 heavy (non-hydrogen) atoms. The number of benzene rings is 1. The summed E-state index contributed by atoms with van der Waals surface area (Å²) >= 11 is 0. The summed E-state index contributed by atoms with van der Waals surface area (Å²) in [6.45, 7) is 3.56. The third-order valence-electron chi connectivity index (χ3n) is 3.31. The van der Waals surface area contributed by atoms with Crippen LogP contribution in [-0.2, 0) is 0 Å². The van der Waals surface area contributed by atoms with Crippen molar-refractivity contribution in [3.8, 4) is 11.5 Å². The molecule has 3 aromatic rings. The van der Waals surface area contributed by atoms with Crippen LogP contribution in [0, 0.1) is 19.7 Å². The molecule has 0 radical (unpaired) electrons. The summed E-state index contributed by atoms with van der Waals surface area (Å²) < 4.78 is 13.7. The van der Waals surface area contributed by atoms with E-state index >= 15 is 0 Å². The summed E-state index contributed by atoms with van der Waals surface area (Å²) in [7, 11) is 0. The Morgan fingerprint density at radius 3 is 2.62 bits per heavy atom. The molecule has 0 saturated heterocycles. The lowest BCUT2D eigenvalue weighted by Crippen LogP contribution is -2.13. The zero-order valence-corrected chi connectivity index (χ0v) is 11.7. The molecule has 0 fully saturated rings. The minimum atomic E-state index is -0.557. The monoisotopic (exact) mass is 283 g/mol. The van der Waals surface area contributed by atoms with Crippen LogP contribution in [0.25, 0.3) is 22.4 Å². The van der Waals surface area contributed by atoms with Crippen LogP contribution in [0.3, 0.4) is 0 Å². The number of fused-ring (bicyclic) bond motifs is 1. The number of hydrogen-bond donors (Lipinski definition) is 2. The molecule has 0 atom stereocenters. The van der Waals surface area contributed by atoms with Gasteiger partial charge in [0.2, 0.25) is 0 Å². The van der Waals surface area contributed by atoms with Crippen LogP contribution in [-0.4, -0.2) is 15.0 Å². The standard InChI is InChI=1S/C15H14FN5/c1-8-7-12(19-11-6-4-3-5-10(8)11)14-18-9(2)13(16)15(20-14)21-17/h3-7H,17H2,1-2H3,(H,18,20,21). The predicted octanol–water partition coefficient (Wildman–Crippen LogP) is 2.73. The molecule has 2 aromatic heterocycles. The number of hydrogen-bond acceptors (Lipinski definition) is 5. The van der Waals surface area contributed by atoms with Crippen molar-refractivity contribution in [1.29, 1.82) is 0 Å². The Hall–Kier alpha value is -2.60. The molecular formula is C15H14FN5. The van der Waals surface area contributed by atoms with E-state index in [0.717, 1.165) is 16.5 Å². The number of nitrogens with two attached hydrogens (primary N) is 1. The van der Waals surface area contributed by atoms with E-state index in [0.29, 0.717) is 11.5 Å². The molecule has 6 heteroatoms. The molecule has 0 aliphatic rings. The molecule has 2 heterocycles. The fraction of sp³-hybridized carbons (Fsp3) is 0.133. The number of aromatic nitrogens is 3. The molecular weight excluding hydrogens is 269 g/mol. The van der Waals surface area contributed by atoms with Gasteiger partial charge in [0, 0.05) is 5.39 Å². The zero-order chi connectivity index (χ0) is 15.0. The van der Waals surface area contributed by atoms with Crippen LogP contribution in [0.4, 0.5) is 10.2 Å². The minimum absolute atomic E-state index is 0.0369. The topological polar surface area (TPSA) is 76.7 Å². The predicted molar refractivity (Wildman–Crippen MR) is 80.0 cm³/mol. The number of nitrogens with zero attached hydrogens (tertiary/aromatic N) is 3. The van der Waals surface area contributed by atoms with Gasteiger partial charge in [-0.05, 0) is 31.5 Å². The molecule has 1 aromatic carbocycles. The second kappa shape index (κ2) is 5.06. The van der Waals surface area contributed by atoms with Crippen LogP contribution in [0.1, 0.15) is 11.3 Å². The first-order valence-corrected chi connectivity index (χ1v) is 6.47. The number of nitrogen functional groups attached to an aromatic ring is 1. The maximum absolute atomic E-state index is 13.7. The van der Waals surface area contributed by atoms with Crippen molar-refractivity contribution in [3.05, 3.63) is 47.4 Å². The number of anilines is 1. The SMILES string of the molecule is Cc1nc(-c2cc(C)c3ccccc3n2)nc(NN)c1F. The highest BCUT2D eigenvalue weighted by Crippen LogP contribution is 2.24. The van der Waals surface area contributed by atoms with Crippen molar-refractivity contribution < 1.29 is 4.39 Å². The first-order chi connectivity index (χ1) is 10.1. The van der Waals surface area contributed by atoms with Gasteiger partial charge in [-0.15, -0.1) is 0 Å². The molecule has 0 bridgehead atoms. The maximum Gasteiger partial charge on any atom is 0.187 e. The summed E-state index contributed by atoms with van der Waals surface area (Å²) in [6.07, 6.45) is 0. The lowest BCUT2D eigenvalue weighted by atomic mass is 10.1. The Kier molecular flexibility index (Phi) is 3.23. The van der Waals surface area contributed by atoms with E-state index in [1.165, 1.54) is 0 Å². The van der Waals surface area contributed by atoms with Crippen molar-refractivity contribution >= 4 is 16.7 Å². The van der Waals surface area contributed by atoms with Crippen LogP contribution in [0.5, 0.6) is 0 Å². The van der Waals surface area contributed by atoms with Gasteiger partial charge < -0.3 is 5.43 Å². The Labute approximate surface area is 121 Å². The number of hydrazine groups is 1. The summed E-state index contributed by atoms with van der Waals surface area (Å²) in [5.74, 6) is 5.04. The minimum Gasteiger partial charge on any atom is -0.306 e. The maximum atomic E-state index is 13.7. The molecule has 5 nitrogen and oxygen atoms in total. The lowest BCUT2D eigenvalue weighted by Gasteiger charge is -2.09. The smallest absolute Gasteiger partial charge is 0.187 e. The highest BCUT2D eigenvalue weighted by atomic mass is 19.1. The number of nitrogens with one attached hydrogen (secondary N) is 1. The van der Waals surface area contributed by atoms with Crippen LogP contribution < -0.4 is 11.3 Å². The third kappa shape index (κ3) is 2.30. The van der Waals surface area contributed by atoms with E-state index < -0.39 is 5.82 Å². The van der Waals surface area contributed by atoms with Crippen molar-refractivity contribution in [3.63, 3.8) is 0 Å². The second-order valence-corrected chi connectivity index (χ2v) is 4.78. The molecule has 0 aliphatic carbocycles. The number of para-hydroxylation sites is 1. The number of aryl methyl sites for hydroxylation is 2.